The number of carbonyl (C=O) groups excluding carboxylic acids is 1. The van der Waals surface area contributed by atoms with E-state index in [0.717, 1.165) is 11.4 Å². The molecule has 0 aliphatic heterocycles. The van der Waals surface area contributed by atoms with E-state index in [1.165, 1.54) is 20.0 Å². The van der Waals surface area contributed by atoms with Crippen molar-refractivity contribution in [3.05, 3.63) is 47.5 Å². The molecule has 98 valence electrons. The van der Waals surface area contributed by atoms with Gasteiger partial charge in [-0.05, 0) is 30.5 Å². The van der Waals surface area contributed by atoms with Crippen molar-refractivity contribution < 1.29 is 9.53 Å². The lowest BCUT2D eigenvalue weighted by Gasteiger charge is -2.01. The second-order valence-electron chi connectivity index (χ2n) is 4.74. The zero-order valence-electron chi connectivity index (χ0n) is 10.7. The molecule has 1 fully saturated rings. The smallest absolute Gasteiger partial charge is 0.337 e. The van der Waals surface area contributed by atoms with Gasteiger partial charge in [-0.15, -0.1) is 0 Å². The summed E-state index contributed by atoms with van der Waals surface area (Å²) in [5.41, 5.74) is 1.64. The topological polar surface area (TPSA) is 57.0 Å². The van der Waals surface area contributed by atoms with Gasteiger partial charge in [0, 0.05) is 6.42 Å². The summed E-state index contributed by atoms with van der Waals surface area (Å²) in [4.78, 5) is 15.6. The maximum atomic E-state index is 11.3. The summed E-state index contributed by atoms with van der Waals surface area (Å²) in [7, 11) is 1.38. The van der Waals surface area contributed by atoms with Crippen LogP contribution in [0.25, 0.3) is 0 Å². The van der Waals surface area contributed by atoms with Crippen molar-refractivity contribution in [2.45, 2.75) is 25.3 Å². The van der Waals surface area contributed by atoms with Crippen molar-refractivity contribution in [2.75, 3.05) is 7.11 Å². The minimum atomic E-state index is -0.317. The maximum absolute atomic E-state index is 11.3. The summed E-state index contributed by atoms with van der Waals surface area (Å²) in [6.45, 7) is 0. The van der Waals surface area contributed by atoms with Gasteiger partial charge in [0.1, 0.15) is 6.33 Å². The minimum Gasteiger partial charge on any atom is -0.465 e. The van der Waals surface area contributed by atoms with Gasteiger partial charge < -0.3 is 4.74 Å². The Morgan fingerprint density at radius 3 is 2.74 bits per heavy atom. The normalized spacial score (nSPS) is 14.4. The van der Waals surface area contributed by atoms with E-state index >= 15 is 0 Å². The minimum absolute atomic E-state index is 0.317. The van der Waals surface area contributed by atoms with Crippen molar-refractivity contribution in [1.29, 1.82) is 0 Å². The average Bonchev–Trinajstić information content (AvgIpc) is 3.20. The standard InChI is InChI=1S/C14H15N3O2/c1-19-14(18)11-4-2-10(3-5-11)8-13-15-9-17(16-13)12-6-7-12/h2-5,9,12H,6-8H2,1H3. The van der Waals surface area contributed by atoms with Gasteiger partial charge in [0.05, 0.1) is 18.7 Å². The Morgan fingerprint density at radius 1 is 1.37 bits per heavy atom. The van der Waals surface area contributed by atoms with Crippen LogP contribution >= 0.6 is 0 Å². The first-order valence-corrected chi connectivity index (χ1v) is 6.33. The highest BCUT2D eigenvalue weighted by Crippen LogP contribution is 2.33. The van der Waals surface area contributed by atoms with Gasteiger partial charge in [-0.1, -0.05) is 12.1 Å². The number of nitrogens with zero attached hydrogens (tertiary/aromatic N) is 3. The van der Waals surface area contributed by atoms with Gasteiger partial charge in [0.2, 0.25) is 0 Å². The number of methoxy groups -OCH3 is 1. The molecule has 1 aliphatic carbocycles. The molecule has 3 rings (SSSR count). The third-order valence-electron chi connectivity index (χ3n) is 3.21. The van der Waals surface area contributed by atoms with Crippen molar-refractivity contribution in [1.82, 2.24) is 14.8 Å². The molecule has 1 aromatic heterocycles. The summed E-state index contributed by atoms with van der Waals surface area (Å²) < 4.78 is 6.61. The number of aromatic nitrogens is 3. The van der Waals surface area contributed by atoms with Gasteiger partial charge in [-0.2, -0.15) is 5.10 Å². The van der Waals surface area contributed by atoms with Crippen LogP contribution in [0.3, 0.4) is 0 Å². The summed E-state index contributed by atoms with van der Waals surface area (Å²) in [5, 5.41) is 4.46. The molecule has 0 bridgehead atoms. The van der Waals surface area contributed by atoms with E-state index in [0.29, 0.717) is 18.0 Å². The molecule has 1 aromatic carbocycles. The molecule has 0 saturated heterocycles. The van der Waals surface area contributed by atoms with E-state index in [1.807, 2.05) is 16.8 Å². The quantitative estimate of drug-likeness (QED) is 0.786. The SMILES string of the molecule is COC(=O)c1ccc(Cc2ncn(C3CC3)n2)cc1. The zero-order valence-corrected chi connectivity index (χ0v) is 10.7. The van der Waals surface area contributed by atoms with E-state index in [2.05, 4.69) is 14.8 Å². The number of ether oxygens (including phenoxy) is 1. The van der Waals surface area contributed by atoms with Crippen molar-refractivity contribution in [2.24, 2.45) is 0 Å². The summed E-state index contributed by atoms with van der Waals surface area (Å²) in [6.07, 6.45) is 4.89. The van der Waals surface area contributed by atoms with Crippen LogP contribution in [0.2, 0.25) is 0 Å². The predicted octanol–water partition coefficient (Wildman–Crippen LogP) is 1.99. The Balaban J connectivity index is 1.69. The third kappa shape index (κ3) is 2.65. The van der Waals surface area contributed by atoms with E-state index in [9.17, 15) is 4.79 Å². The fourth-order valence-corrected chi connectivity index (χ4v) is 1.97. The highest BCUT2D eigenvalue weighted by molar-refractivity contribution is 5.89. The molecular formula is C14H15N3O2. The zero-order chi connectivity index (χ0) is 13.2. The fraction of sp³-hybridized carbons (Fsp3) is 0.357. The van der Waals surface area contributed by atoms with Crippen LogP contribution in [0, 0.1) is 0 Å². The van der Waals surface area contributed by atoms with Crippen LogP contribution in [-0.2, 0) is 11.2 Å². The van der Waals surface area contributed by atoms with Crippen LogP contribution in [0.1, 0.15) is 40.6 Å². The van der Waals surface area contributed by atoms with Crippen molar-refractivity contribution in [3.8, 4) is 0 Å². The van der Waals surface area contributed by atoms with Crippen LogP contribution in [-0.4, -0.2) is 27.8 Å². The van der Waals surface area contributed by atoms with Crippen LogP contribution in [0.4, 0.5) is 0 Å². The molecule has 0 spiro atoms. The van der Waals surface area contributed by atoms with E-state index in [4.69, 9.17) is 0 Å². The van der Waals surface area contributed by atoms with Gasteiger partial charge in [0.15, 0.2) is 5.82 Å². The highest BCUT2D eigenvalue weighted by atomic mass is 16.5. The predicted molar refractivity (Wildman–Crippen MR) is 68.9 cm³/mol. The Kier molecular flexibility index (Phi) is 3.03. The number of hydrogen-bond donors (Lipinski definition) is 0. The Labute approximate surface area is 111 Å². The second kappa shape index (κ2) is 4.84. The number of rotatable bonds is 4. The molecule has 5 nitrogen and oxygen atoms in total. The Hall–Kier alpha value is -2.17. The molecule has 1 saturated carbocycles. The number of hydrogen-bond acceptors (Lipinski definition) is 4. The van der Waals surface area contributed by atoms with E-state index < -0.39 is 0 Å². The molecule has 0 N–H and O–H groups in total. The van der Waals surface area contributed by atoms with Gasteiger partial charge in [-0.3, -0.25) is 0 Å². The number of carbonyl (C=O) groups is 1. The molecule has 2 aromatic rings. The van der Waals surface area contributed by atoms with Crippen LogP contribution < -0.4 is 0 Å². The molecule has 0 unspecified atom stereocenters. The van der Waals surface area contributed by atoms with Gasteiger partial charge in [0.25, 0.3) is 0 Å². The van der Waals surface area contributed by atoms with Crippen LogP contribution in [0.15, 0.2) is 30.6 Å². The molecule has 19 heavy (non-hydrogen) atoms. The second-order valence-corrected chi connectivity index (χ2v) is 4.74. The monoisotopic (exact) mass is 257 g/mol. The van der Waals surface area contributed by atoms with Crippen molar-refractivity contribution in [3.63, 3.8) is 0 Å². The Bertz CT molecular complexity index is 585. The van der Waals surface area contributed by atoms with Crippen LogP contribution in [0.5, 0.6) is 0 Å². The molecule has 1 aliphatic rings. The lowest BCUT2D eigenvalue weighted by molar-refractivity contribution is 0.0600. The van der Waals surface area contributed by atoms with E-state index in [1.54, 1.807) is 18.5 Å². The molecular weight excluding hydrogens is 242 g/mol. The van der Waals surface area contributed by atoms with E-state index in [-0.39, 0.29) is 5.97 Å². The van der Waals surface area contributed by atoms with Crippen molar-refractivity contribution >= 4 is 5.97 Å². The average molecular weight is 257 g/mol. The fourth-order valence-electron chi connectivity index (χ4n) is 1.97. The molecule has 5 heteroatoms. The highest BCUT2D eigenvalue weighted by Gasteiger charge is 2.24. The summed E-state index contributed by atoms with van der Waals surface area (Å²) in [5.74, 6) is 0.500. The third-order valence-corrected chi connectivity index (χ3v) is 3.21. The molecule has 0 atom stereocenters. The lowest BCUT2D eigenvalue weighted by atomic mass is 10.1. The molecule has 1 heterocycles. The van der Waals surface area contributed by atoms with Gasteiger partial charge >= 0.3 is 5.97 Å². The number of benzene rings is 1. The first-order chi connectivity index (χ1) is 9.26. The largest absolute Gasteiger partial charge is 0.465 e. The number of esters is 1. The molecule has 0 amide bonds. The molecule has 0 radical (unpaired) electrons. The lowest BCUT2D eigenvalue weighted by Crippen LogP contribution is -2.01. The van der Waals surface area contributed by atoms with Gasteiger partial charge in [-0.25, -0.2) is 14.5 Å². The summed E-state index contributed by atoms with van der Waals surface area (Å²) in [6, 6.07) is 7.90. The first kappa shape index (κ1) is 11.9. The Morgan fingerprint density at radius 2 is 2.11 bits per heavy atom. The maximum Gasteiger partial charge on any atom is 0.337 e. The first-order valence-electron chi connectivity index (χ1n) is 6.33. The summed E-state index contributed by atoms with van der Waals surface area (Å²) >= 11 is 0.